The fourth-order valence-corrected chi connectivity index (χ4v) is 2.48. The standard InChI is InChI=1S/C16H18N2O2/c1-11-7-5-9-13(17(3)4)15(11)16-12(2)8-6-10-14(16)18(19)20/h5-10H,1-4H3. The lowest BCUT2D eigenvalue weighted by Gasteiger charge is -2.20. The van der Waals surface area contributed by atoms with Gasteiger partial charge >= 0.3 is 0 Å². The lowest BCUT2D eigenvalue weighted by atomic mass is 9.93. The molecule has 4 heteroatoms. The summed E-state index contributed by atoms with van der Waals surface area (Å²) in [6, 6.07) is 11.1. The first kappa shape index (κ1) is 14.1. The van der Waals surface area contributed by atoms with Crippen LogP contribution in [0.4, 0.5) is 11.4 Å². The number of hydrogen-bond acceptors (Lipinski definition) is 3. The van der Waals surface area contributed by atoms with Crippen molar-refractivity contribution in [2.24, 2.45) is 0 Å². The van der Waals surface area contributed by atoms with Gasteiger partial charge in [-0.1, -0.05) is 24.3 Å². The molecule has 0 saturated heterocycles. The first-order chi connectivity index (χ1) is 9.43. The summed E-state index contributed by atoms with van der Waals surface area (Å²) < 4.78 is 0. The molecule has 0 unspecified atom stereocenters. The van der Waals surface area contributed by atoms with Gasteiger partial charge in [0.1, 0.15) is 0 Å². The third kappa shape index (κ3) is 2.37. The van der Waals surface area contributed by atoms with Gasteiger partial charge in [-0.05, 0) is 31.0 Å². The molecule has 104 valence electrons. The minimum atomic E-state index is -0.311. The van der Waals surface area contributed by atoms with Gasteiger partial charge in [-0.15, -0.1) is 0 Å². The van der Waals surface area contributed by atoms with Crippen LogP contribution in [0.3, 0.4) is 0 Å². The molecule has 0 spiro atoms. The molecule has 0 aromatic heterocycles. The molecule has 0 bridgehead atoms. The van der Waals surface area contributed by atoms with Crippen LogP contribution in [0.15, 0.2) is 36.4 Å². The molecule has 0 saturated carbocycles. The van der Waals surface area contributed by atoms with E-state index in [0.29, 0.717) is 5.56 Å². The average Bonchev–Trinajstić information content (AvgIpc) is 2.38. The van der Waals surface area contributed by atoms with Crippen LogP contribution in [-0.4, -0.2) is 19.0 Å². The van der Waals surface area contributed by atoms with E-state index in [-0.39, 0.29) is 10.6 Å². The van der Waals surface area contributed by atoms with Gasteiger partial charge in [0.2, 0.25) is 0 Å². The number of nitro benzene ring substituents is 1. The van der Waals surface area contributed by atoms with Crippen molar-refractivity contribution in [2.45, 2.75) is 13.8 Å². The normalized spacial score (nSPS) is 10.4. The Kier molecular flexibility index (Phi) is 3.74. The predicted octanol–water partition coefficient (Wildman–Crippen LogP) is 3.94. The molecule has 20 heavy (non-hydrogen) atoms. The number of benzene rings is 2. The molecule has 4 nitrogen and oxygen atoms in total. The van der Waals surface area contributed by atoms with Gasteiger partial charge in [0.05, 0.1) is 10.5 Å². The Morgan fingerprint density at radius 3 is 2.05 bits per heavy atom. The van der Waals surface area contributed by atoms with E-state index in [9.17, 15) is 10.1 Å². The zero-order chi connectivity index (χ0) is 14.9. The quantitative estimate of drug-likeness (QED) is 0.626. The number of hydrogen-bond donors (Lipinski definition) is 0. The van der Waals surface area contributed by atoms with Crippen LogP contribution in [0.1, 0.15) is 11.1 Å². The van der Waals surface area contributed by atoms with Gasteiger partial charge in [-0.3, -0.25) is 10.1 Å². The molecule has 0 heterocycles. The molecule has 2 aromatic carbocycles. The lowest BCUT2D eigenvalue weighted by molar-refractivity contribution is -0.384. The van der Waals surface area contributed by atoms with Crippen molar-refractivity contribution in [3.63, 3.8) is 0 Å². The van der Waals surface area contributed by atoms with Crippen LogP contribution in [0.5, 0.6) is 0 Å². The fourth-order valence-electron chi connectivity index (χ4n) is 2.48. The van der Waals surface area contributed by atoms with Crippen molar-refractivity contribution >= 4 is 11.4 Å². The molecule has 0 fully saturated rings. The Labute approximate surface area is 118 Å². The summed E-state index contributed by atoms with van der Waals surface area (Å²) in [7, 11) is 3.89. The van der Waals surface area contributed by atoms with Crippen LogP contribution in [0, 0.1) is 24.0 Å². The van der Waals surface area contributed by atoms with Gasteiger partial charge in [0.25, 0.3) is 5.69 Å². The van der Waals surface area contributed by atoms with E-state index in [1.165, 1.54) is 0 Å². The number of nitro groups is 1. The first-order valence-electron chi connectivity index (χ1n) is 6.44. The van der Waals surface area contributed by atoms with Gasteiger partial charge < -0.3 is 4.90 Å². The topological polar surface area (TPSA) is 46.4 Å². The molecule has 0 aliphatic carbocycles. The second kappa shape index (κ2) is 5.33. The van der Waals surface area contributed by atoms with E-state index in [1.807, 2.05) is 57.1 Å². The highest BCUT2D eigenvalue weighted by molar-refractivity contribution is 5.88. The number of anilines is 1. The Bertz CT molecular complexity index is 664. The van der Waals surface area contributed by atoms with Crippen molar-refractivity contribution in [3.8, 4) is 11.1 Å². The van der Waals surface area contributed by atoms with Gasteiger partial charge in [0, 0.05) is 31.4 Å². The maximum atomic E-state index is 11.3. The number of nitrogens with zero attached hydrogens (tertiary/aromatic N) is 2. The first-order valence-corrected chi connectivity index (χ1v) is 6.44. The Balaban J connectivity index is 2.85. The van der Waals surface area contributed by atoms with Crippen LogP contribution in [-0.2, 0) is 0 Å². The monoisotopic (exact) mass is 270 g/mol. The van der Waals surface area contributed by atoms with E-state index in [0.717, 1.165) is 22.4 Å². The third-order valence-corrected chi connectivity index (χ3v) is 3.43. The van der Waals surface area contributed by atoms with Gasteiger partial charge in [-0.2, -0.15) is 0 Å². The summed E-state index contributed by atoms with van der Waals surface area (Å²) in [5.74, 6) is 0. The summed E-state index contributed by atoms with van der Waals surface area (Å²) in [5, 5.41) is 11.3. The Morgan fingerprint density at radius 2 is 1.50 bits per heavy atom. The zero-order valence-corrected chi connectivity index (χ0v) is 12.2. The van der Waals surface area contributed by atoms with Gasteiger partial charge in [-0.25, -0.2) is 0 Å². The molecule has 0 radical (unpaired) electrons. The minimum Gasteiger partial charge on any atom is -0.377 e. The van der Waals surface area contributed by atoms with Crippen LogP contribution >= 0.6 is 0 Å². The largest absolute Gasteiger partial charge is 0.377 e. The maximum Gasteiger partial charge on any atom is 0.277 e. The second-order valence-corrected chi connectivity index (χ2v) is 5.09. The Morgan fingerprint density at radius 1 is 0.950 bits per heavy atom. The molecular weight excluding hydrogens is 252 g/mol. The van der Waals surface area contributed by atoms with Crippen molar-refractivity contribution in [3.05, 3.63) is 57.6 Å². The summed E-state index contributed by atoms with van der Waals surface area (Å²) >= 11 is 0. The smallest absolute Gasteiger partial charge is 0.277 e. The van der Waals surface area contributed by atoms with E-state index >= 15 is 0 Å². The lowest BCUT2D eigenvalue weighted by Crippen LogP contribution is -2.11. The van der Waals surface area contributed by atoms with E-state index in [2.05, 4.69) is 0 Å². The Hall–Kier alpha value is -2.36. The van der Waals surface area contributed by atoms with Crippen molar-refractivity contribution in [1.82, 2.24) is 0 Å². The highest BCUT2D eigenvalue weighted by Gasteiger charge is 2.21. The zero-order valence-electron chi connectivity index (χ0n) is 12.2. The number of aryl methyl sites for hydroxylation is 2. The summed E-state index contributed by atoms with van der Waals surface area (Å²) in [4.78, 5) is 13.0. The average molecular weight is 270 g/mol. The summed E-state index contributed by atoms with van der Waals surface area (Å²) in [5.41, 5.74) is 4.73. The molecule has 2 aromatic rings. The van der Waals surface area contributed by atoms with Gasteiger partial charge in [0.15, 0.2) is 0 Å². The molecule has 0 amide bonds. The SMILES string of the molecule is Cc1cccc(N(C)C)c1-c1c(C)cccc1[N+](=O)[O-]. The fraction of sp³-hybridized carbons (Fsp3) is 0.250. The molecular formula is C16H18N2O2. The molecule has 0 aliphatic heterocycles. The van der Waals surface area contributed by atoms with Crippen LogP contribution in [0.2, 0.25) is 0 Å². The maximum absolute atomic E-state index is 11.3. The highest BCUT2D eigenvalue weighted by atomic mass is 16.6. The van der Waals surface area contributed by atoms with E-state index < -0.39 is 0 Å². The summed E-state index contributed by atoms with van der Waals surface area (Å²) in [6.45, 7) is 3.90. The predicted molar refractivity (Wildman–Crippen MR) is 82.3 cm³/mol. The van der Waals surface area contributed by atoms with Crippen molar-refractivity contribution < 1.29 is 4.92 Å². The van der Waals surface area contributed by atoms with Crippen LogP contribution < -0.4 is 4.90 Å². The third-order valence-electron chi connectivity index (χ3n) is 3.43. The molecule has 0 N–H and O–H groups in total. The second-order valence-electron chi connectivity index (χ2n) is 5.09. The highest BCUT2D eigenvalue weighted by Crippen LogP contribution is 2.40. The molecule has 0 aliphatic rings. The van der Waals surface area contributed by atoms with E-state index in [1.54, 1.807) is 12.1 Å². The van der Waals surface area contributed by atoms with Crippen molar-refractivity contribution in [1.29, 1.82) is 0 Å². The number of rotatable bonds is 3. The van der Waals surface area contributed by atoms with Crippen molar-refractivity contribution in [2.75, 3.05) is 19.0 Å². The molecule has 0 atom stereocenters. The summed E-state index contributed by atoms with van der Waals surface area (Å²) in [6.07, 6.45) is 0. The molecule has 2 rings (SSSR count). The minimum absolute atomic E-state index is 0.155. The van der Waals surface area contributed by atoms with Crippen LogP contribution in [0.25, 0.3) is 11.1 Å². The van der Waals surface area contributed by atoms with E-state index in [4.69, 9.17) is 0 Å².